The highest BCUT2D eigenvalue weighted by Gasteiger charge is 1.92. The Kier molecular flexibility index (Phi) is 10.8. The maximum absolute atomic E-state index is 4.28. The Balaban J connectivity index is 0.000000245. The standard InChI is InChI=1S/C10H9N.2C9H9N.3CH4/c1-8-6-9-4-2-3-5-10(9)11-7-8;1-7-2-3-9-8(6-7)4-5-10-9;1-7-2-3-8-4-5-10-9(8)6-7;;;/h2-7H,1H3;2*2-6,10H,1H3;3*1H4. The van der Waals surface area contributed by atoms with Crippen LogP contribution in [0.3, 0.4) is 0 Å². The van der Waals surface area contributed by atoms with Crippen LogP contribution in [0, 0.1) is 20.8 Å². The predicted molar refractivity (Wildman–Crippen MR) is 153 cm³/mol. The SMILES string of the molecule is C.C.C.Cc1ccc2[nH]ccc2c1.Cc1ccc2cc[nH]c2c1.Cc1cnc2ccccc2c1. The fraction of sp³-hybridized carbons (Fsp3) is 0.194. The monoisotopic (exact) mass is 453 g/mol. The second-order valence-corrected chi connectivity index (χ2v) is 7.84. The first kappa shape index (κ1) is 28.2. The van der Waals surface area contributed by atoms with Crippen molar-refractivity contribution in [2.75, 3.05) is 0 Å². The third-order valence-corrected chi connectivity index (χ3v) is 5.15. The van der Waals surface area contributed by atoms with Gasteiger partial charge in [-0.3, -0.25) is 4.98 Å². The van der Waals surface area contributed by atoms with Crippen LogP contribution in [-0.2, 0) is 0 Å². The number of hydrogen-bond acceptors (Lipinski definition) is 1. The van der Waals surface area contributed by atoms with Gasteiger partial charge in [-0.2, -0.15) is 0 Å². The lowest BCUT2D eigenvalue weighted by Crippen LogP contribution is -1.78. The number of nitrogens with zero attached hydrogens (tertiary/aromatic N) is 1. The van der Waals surface area contributed by atoms with Crippen LogP contribution in [0.4, 0.5) is 0 Å². The zero-order valence-electron chi connectivity index (χ0n) is 18.2. The maximum Gasteiger partial charge on any atom is 0.0702 e. The van der Waals surface area contributed by atoms with Crippen molar-refractivity contribution in [3.63, 3.8) is 0 Å². The third-order valence-electron chi connectivity index (χ3n) is 5.15. The number of rotatable bonds is 0. The Morgan fingerprint density at radius 3 is 1.94 bits per heavy atom. The summed E-state index contributed by atoms with van der Waals surface area (Å²) >= 11 is 0. The fourth-order valence-electron chi connectivity index (χ4n) is 3.52. The molecule has 0 unspecified atom stereocenters. The maximum atomic E-state index is 4.28. The average Bonchev–Trinajstić information content (AvgIpc) is 3.43. The summed E-state index contributed by atoms with van der Waals surface area (Å²) in [5.41, 5.74) is 7.33. The molecule has 0 saturated heterocycles. The van der Waals surface area contributed by atoms with Crippen molar-refractivity contribution in [1.82, 2.24) is 15.0 Å². The summed E-state index contributed by atoms with van der Waals surface area (Å²) in [7, 11) is 0. The zero-order chi connectivity index (χ0) is 21.6. The molecule has 2 N–H and O–H groups in total. The zero-order valence-corrected chi connectivity index (χ0v) is 18.2. The molecule has 6 aromatic rings. The normalized spacial score (nSPS) is 9.50. The van der Waals surface area contributed by atoms with E-state index in [4.69, 9.17) is 0 Å². The number of pyridine rings is 1. The summed E-state index contributed by atoms with van der Waals surface area (Å²) in [5, 5.41) is 3.79. The number of aryl methyl sites for hydroxylation is 3. The van der Waals surface area contributed by atoms with E-state index < -0.39 is 0 Å². The minimum Gasteiger partial charge on any atom is -0.361 e. The molecular weight excluding hydrogens is 414 g/mol. The second-order valence-electron chi connectivity index (χ2n) is 7.84. The van der Waals surface area contributed by atoms with Crippen LogP contribution in [0.1, 0.15) is 39.0 Å². The number of aromatic amines is 2. The molecule has 34 heavy (non-hydrogen) atoms. The molecule has 3 heteroatoms. The van der Waals surface area contributed by atoms with Gasteiger partial charge in [0.15, 0.2) is 0 Å². The lowest BCUT2D eigenvalue weighted by Gasteiger charge is -1.95. The lowest BCUT2D eigenvalue weighted by atomic mass is 10.2. The highest BCUT2D eigenvalue weighted by atomic mass is 14.7. The highest BCUT2D eigenvalue weighted by Crippen LogP contribution is 2.14. The minimum absolute atomic E-state index is 0. The van der Waals surface area contributed by atoms with Crippen molar-refractivity contribution in [3.05, 3.63) is 114 Å². The number of aromatic nitrogens is 3. The van der Waals surface area contributed by atoms with Crippen LogP contribution < -0.4 is 0 Å². The van der Waals surface area contributed by atoms with E-state index in [9.17, 15) is 0 Å². The van der Waals surface area contributed by atoms with Crippen LogP contribution in [0.2, 0.25) is 0 Å². The second kappa shape index (κ2) is 13.0. The van der Waals surface area contributed by atoms with Crippen LogP contribution in [0.5, 0.6) is 0 Å². The first-order chi connectivity index (χ1) is 15.1. The van der Waals surface area contributed by atoms with E-state index in [0.29, 0.717) is 0 Å². The Bertz CT molecular complexity index is 1350. The van der Waals surface area contributed by atoms with Gasteiger partial charge in [-0.05, 0) is 85.1 Å². The number of para-hydroxylation sites is 1. The van der Waals surface area contributed by atoms with Crippen LogP contribution in [0.25, 0.3) is 32.7 Å². The van der Waals surface area contributed by atoms with Crippen LogP contribution >= 0.6 is 0 Å². The molecule has 0 radical (unpaired) electrons. The molecule has 3 nitrogen and oxygen atoms in total. The molecule has 3 aromatic heterocycles. The number of H-pyrrole nitrogens is 2. The third kappa shape index (κ3) is 7.08. The first-order valence-corrected chi connectivity index (χ1v) is 10.5. The largest absolute Gasteiger partial charge is 0.361 e. The van der Waals surface area contributed by atoms with Crippen molar-refractivity contribution < 1.29 is 0 Å². The number of benzene rings is 3. The summed E-state index contributed by atoms with van der Waals surface area (Å²) in [6.07, 6.45) is 5.82. The molecule has 0 spiro atoms. The molecule has 0 amide bonds. The molecule has 0 aliphatic rings. The quantitative estimate of drug-likeness (QED) is 0.236. The fourth-order valence-corrected chi connectivity index (χ4v) is 3.52. The Morgan fingerprint density at radius 1 is 0.529 bits per heavy atom. The summed E-state index contributed by atoms with van der Waals surface area (Å²) in [6, 6.07) is 27.2. The average molecular weight is 454 g/mol. The molecule has 0 atom stereocenters. The molecular formula is C31H39N3. The van der Waals surface area contributed by atoms with E-state index >= 15 is 0 Å². The van der Waals surface area contributed by atoms with Crippen LogP contribution in [0.15, 0.2) is 97.5 Å². The van der Waals surface area contributed by atoms with E-state index in [1.807, 2.05) is 36.8 Å². The van der Waals surface area contributed by atoms with Gasteiger partial charge >= 0.3 is 0 Å². The molecule has 0 saturated carbocycles. The van der Waals surface area contributed by atoms with Gasteiger partial charge in [0.1, 0.15) is 0 Å². The van der Waals surface area contributed by atoms with Crippen molar-refractivity contribution in [2.45, 2.75) is 43.1 Å². The van der Waals surface area contributed by atoms with Gasteiger partial charge < -0.3 is 9.97 Å². The van der Waals surface area contributed by atoms with E-state index in [-0.39, 0.29) is 22.3 Å². The molecule has 0 fully saturated rings. The van der Waals surface area contributed by atoms with Crippen molar-refractivity contribution >= 4 is 32.7 Å². The smallest absolute Gasteiger partial charge is 0.0702 e. The van der Waals surface area contributed by atoms with Gasteiger partial charge in [0.25, 0.3) is 0 Å². The van der Waals surface area contributed by atoms with E-state index in [0.717, 1.165) is 5.52 Å². The molecule has 3 aromatic carbocycles. The summed E-state index contributed by atoms with van der Waals surface area (Å²) in [6.45, 7) is 6.26. The molecule has 178 valence electrons. The summed E-state index contributed by atoms with van der Waals surface area (Å²) in [5.74, 6) is 0. The summed E-state index contributed by atoms with van der Waals surface area (Å²) in [4.78, 5) is 10.6. The highest BCUT2D eigenvalue weighted by molar-refractivity contribution is 5.80. The molecule has 3 heterocycles. The van der Waals surface area contributed by atoms with Crippen molar-refractivity contribution in [2.24, 2.45) is 0 Å². The molecule has 0 aliphatic heterocycles. The van der Waals surface area contributed by atoms with Gasteiger partial charge in [-0.25, -0.2) is 0 Å². The van der Waals surface area contributed by atoms with Crippen LogP contribution in [-0.4, -0.2) is 15.0 Å². The topological polar surface area (TPSA) is 44.5 Å². The van der Waals surface area contributed by atoms with Gasteiger partial charge in [-0.1, -0.05) is 64.2 Å². The van der Waals surface area contributed by atoms with E-state index in [1.165, 1.54) is 43.9 Å². The molecule has 6 rings (SSSR count). The van der Waals surface area contributed by atoms with Gasteiger partial charge in [0, 0.05) is 35.0 Å². The van der Waals surface area contributed by atoms with E-state index in [2.05, 4.69) is 96.4 Å². The van der Waals surface area contributed by atoms with E-state index in [1.54, 1.807) is 0 Å². The van der Waals surface area contributed by atoms with Crippen molar-refractivity contribution in [3.8, 4) is 0 Å². The molecule has 0 aliphatic carbocycles. The predicted octanol–water partition coefficient (Wildman–Crippen LogP) is 9.40. The number of nitrogens with one attached hydrogen (secondary N) is 2. The van der Waals surface area contributed by atoms with Gasteiger partial charge in [0.05, 0.1) is 5.52 Å². The van der Waals surface area contributed by atoms with Crippen molar-refractivity contribution in [1.29, 1.82) is 0 Å². The number of hydrogen-bond donors (Lipinski definition) is 2. The number of fused-ring (bicyclic) bond motifs is 3. The van der Waals surface area contributed by atoms with Gasteiger partial charge in [0.2, 0.25) is 0 Å². The lowest BCUT2D eigenvalue weighted by molar-refractivity contribution is 1.33. The molecule has 0 bridgehead atoms. The Labute approximate surface area is 204 Å². The summed E-state index contributed by atoms with van der Waals surface area (Å²) < 4.78 is 0. The first-order valence-electron chi connectivity index (χ1n) is 10.5. The Morgan fingerprint density at radius 2 is 1.15 bits per heavy atom. The van der Waals surface area contributed by atoms with Gasteiger partial charge in [-0.15, -0.1) is 0 Å². The Hall–Kier alpha value is -3.85. The minimum atomic E-state index is 0.